The summed E-state index contributed by atoms with van der Waals surface area (Å²) in [5.41, 5.74) is 2.03. The lowest BCUT2D eigenvalue weighted by Gasteiger charge is -2.24. The molecule has 0 spiro atoms. The number of hydrogen-bond donors (Lipinski definition) is 2. The van der Waals surface area contributed by atoms with Crippen molar-refractivity contribution >= 4 is 23.1 Å². The highest BCUT2D eigenvalue weighted by Gasteiger charge is 2.24. The van der Waals surface area contributed by atoms with Crippen molar-refractivity contribution in [2.45, 2.75) is 77.3 Å². The Bertz CT molecular complexity index is 1440. The van der Waals surface area contributed by atoms with Crippen LogP contribution in [0.2, 0.25) is 0 Å². The molecule has 5 rings (SSSR count). The van der Waals surface area contributed by atoms with Gasteiger partial charge in [-0.1, -0.05) is 62.8 Å². The molecule has 40 heavy (non-hydrogen) atoms. The number of nitrogens with zero attached hydrogens (tertiary/aromatic N) is 3. The molecule has 2 heterocycles. The lowest BCUT2D eigenvalue weighted by atomic mass is 9.89. The minimum Gasteiger partial charge on any atom is -0.383 e. The Hall–Kier alpha value is -3.46. The third-order valence-corrected chi connectivity index (χ3v) is 8.41. The van der Waals surface area contributed by atoms with Gasteiger partial charge in [0, 0.05) is 38.4 Å². The number of carbonyl (C=O) groups excluding carboxylic acids is 1. The fraction of sp³-hybridized carbons (Fsp3) is 0.548. The van der Waals surface area contributed by atoms with E-state index in [2.05, 4.69) is 10.3 Å². The van der Waals surface area contributed by atoms with Gasteiger partial charge in [0.05, 0.1) is 6.61 Å². The number of aromatic amines is 1. The van der Waals surface area contributed by atoms with Gasteiger partial charge >= 0.3 is 5.69 Å². The van der Waals surface area contributed by atoms with E-state index in [1.54, 1.807) is 17.8 Å². The molecule has 2 aliphatic carbocycles. The molecular weight excluding hydrogens is 506 g/mol. The Balaban J connectivity index is 1.45. The number of amides is 1. The van der Waals surface area contributed by atoms with E-state index in [4.69, 9.17) is 9.72 Å². The van der Waals surface area contributed by atoms with Gasteiger partial charge in [-0.2, -0.15) is 0 Å². The van der Waals surface area contributed by atoms with E-state index in [1.165, 1.54) is 36.3 Å². The van der Waals surface area contributed by atoms with E-state index in [-0.39, 0.29) is 17.2 Å². The molecular formula is C31H41N5O4. The van der Waals surface area contributed by atoms with Gasteiger partial charge in [0.25, 0.3) is 5.56 Å². The second-order valence-corrected chi connectivity index (χ2v) is 11.3. The maximum absolute atomic E-state index is 13.8. The van der Waals surface area contributed by atoms with Crippen molar-refractivity contribution in [3.63, 3.8) is 0 Å². The molecule has 2 N–H and O–H groups in total. The normalized spacial score (nSPS) is 17.1. The highest BCUT2D eigenvalue weighted by atomic mass is 16.5. The van der Waals surface area contributed by atoms with Crippen LogP contribution in [0.1, 0.15) is 69.8 Å². The zero-order chi connectivity index (χ0) is 27.9. The predicted molar refractivity (Wildman–Crippen MR) is 157 cm³/mol. The lowest BCUT2D eigenvalue weighted by Crippen LogP contribution is -2.42. The number of aromatic nitrogens is 4. The van der Waals surface area contributed by atoms with Gasteiger partial charge in [0.1, 0.15) is 11.3 Å². The second kappa shape index (κ2) is 13.3. The highest BCUT2D eigenvalue weighted by Crippen LogP contribution is 2.27. The first-order chi connectivity index (χ1) is 19.5. The number of carbonyl (C=O) groups is 1. The summed E-state index contributed by atoms with van der Waals surface area (Å²) < 4.78 is 8.17. The van der Waals surface area contributed by atoms with Crippen molar-refractivity contribution in [3.05, 3.63) is 56.7 Å². The Labute approximate surface area is 234 Å². The Morgan fingerprint density at radius 2 is 1.60 bits per heavy atom. The van der Waals surface area contributed by atoms with Gasteiger partial charge in [-0.05, 0) is 49.2 Å². The number of imidazole rings is 1. The number of hydrogen-bond acceptors (Lipinski definition) is 5. The molecule has 0 bridgehead atoms. The van der Waals surface area contributed by atoms with E-state index in [0.29, 0.717) is 55.1 Å². The minimum absolute atomic E-state index is 0.182. The van der Waals surface area contributed by atoms with Crippen LogP contribution < -0.4 is 16.6 Å². The summed E-state index contributed by atoms with van der Waals surface area (Å²) in [4.78, 5) is 47.4. The van der Waals surface area contributed by atoms with Gasteiger partial charge < -0.3 is 15.0 Å². The molecule has 0 saturated heterocycles. The third-order valence-electron chi connectivity index (χ3n) is 8.41. The number of benzene rings is 1. The first kappa shape index (κ1) is 28.1. The van der Waals surface area contributed by atoms with Gasteiger partial charge in [-0.15, -0.1) is 0 Å². The quantitative estimate of drug-likeness (QED) is 0.287. The Kier molecular flexibility index (Phi) is 9.31. The zero-order valence-electron chi connectivity index (χ0n) is 23.5. The summed E-state index contributed by atoms with van der Waals surface area (Å²) in [6, 6.07) is 7.62. The van der Waals surface area contributed by atoms with Crippen LogP contribution in [0.15, 0.2) is 39.9 Å². The summed E-state index contributed by atoms with van der Waals surface area (Å²) in [6.07, 6.45) is 14.8. The molecule has 1 aromatic carbocycles. The molecule has 0 radical (unpaired) electrons. The molecule has 2 fully saturated rings. The molecule has 2 saturated carbocycles. The number of H-pyrrole nitrogens is 1. The average molecular weight is 548 g/mol. The van der Waals surface area contributed by atoms with E-state index < -0.39 is 0 Å². The molecule has 2 aliphatic rings. The van der Waals surface area contributed by atoms with Crippen LogP contribution in [0.5, 0.6) is 0 Å². The van der Waals surface area contributed by atoms with Crippen LogP contribution >= 0.6 is 0 Å². The number of ether oxygens (including phenoxy) is 1. The van der Waals surface area contributed by atoms with Crippen molar-refractivity contribution in [1.29, 1.82) is 0 Å². The number of fused-ring (bicyclic) bond motifs is 1. The van der Waals surface area contributed by atoms with Crippen LogP contribution in [-0.4, -0.2) is 45.3 Å². The molecule has 214 valence electrons. The molecule has 2 aromatic heterocycles. The van der Waals surface area contributed by atoms with Gasteiger partial charge in [0.15, 0.2) is 5.65 Å². The fourth-order valence-electron chi connectivity index (χ4n) is 6.14. The predicted octanol–water partition coefficient (Wildman–Crippen LogP) is 4.49. The topological polar surface area (TPSA) is 111 Å². The van der Waals surface area contributed by atoms with E-state index in [9.17, 15) is 14.4 Å². The third kappa shape index (κ3) is 6.63. The number of nitrogens with one attached hydrogen (secondary N) is 2. The first-order valence-corrected chi connectivity index (χ1v) is 14.8. The molecule has 0 atom stereocenters. The molecule has 9 nitrogen and oxygen atoms in total. The minimum atomic E-state index is -0.275. The van der Waals surface area contributed by atoms with Crippen molar-refractivity contribution in [3.8, 4) is 11.4 Å². The average Bonchev–Trinajstić information content (AvgIpc) is 3.44. The standard InChI is InChI=1S/C31H41N5O4/c1-40-19-18-32-26(37)17-14-22-12-15-25(16-13-22)28-33-27-29(34-28)35(20-23-8-4-2-5-9-23)31(39)36(30(27)38)21-24-10-6-3-7-11-24/h12-17,23-24H,2-11,18-21H2,1H3,(H,32,37)(H,33,34)/b17-14+. The van der Waals surface area contributed by atoms with Crippen molar-refractivity contribution < 1.29 is 9.53 Å². The highest BCUT2D eigenvalue weighted by molar-refractivity contribution is 5.91. The summed E-state index contributed by atoms with van der Waals surface area (Å²) in [5, 5.41) is 2.76. The first-order valence-electron chi connectivity index (χ1n) is 14.8. The van der Waals surface area contributed by atoms with Crippen LogP contribution in [0.3, 0.4) is 0 Å². The van der Waals surface area contributed by atoms with Crippen LogP contribution in [0.25, 0.3) is 28.6 Å². The summed E-state index contributed by atoms with van der Waals surface area (Å²) >= 11 is 0. The van der Waals surface area contributed by atoms with Crippen LogP contribution in [0.4, 0.5) is 0 Å². The lowest BCUT2D eigenvalue weighted by molar-refractivity contribution is -0.116. The maximum atomic E-state index is 13.8. The van der Waals surface area contributed by atoms with E-state index >= 15 is 0 Å². The Morgan fingerprint density at radius 3 is 2.23 bits per heavy atom. The fourth-order valence-corrected chi connectivity index (χ4v) is 6.14. The van der Waals surface area contributed by atoms with Crippen molar-refractivity contribution in [2.75, 3.05) is 20.3 Å². The summed E-state index contributed by atoms with van der Waals surface area (Å²) in [5.74, 6) is 1.17. The molecule has 0 unspecified atom stereocenters. The van der Waals surface area contributed by atoms with E-state index in [0.717, 1.165) is 49.7 Å². The van der Waals surface area contributed by atoms with Gasteiger partial charge in [-0.25, -0.2) is 9.78 Å². The van der Waals surface area contributed by atoms with E-state index in [1.807, 2.05) is 24.3 Å². The smallest absolute Gasteiger partial charge is 0.332 e. The SMILES string of the molecule is COCCNC(=O)/C=C/c1ccc(-c2nc3c([nH]2)c(=O)n(CC2CCCCC2)c(=O)n3CC2CCCCC2)cc1. The molecule has 9 heteroatoms. The van der Waals surface area contributed by atoms with Gasteiger partial charge in [-0.3, -0.25) is 18.7 Å². The van der Waals surface area contributed by atoms with Crippen LogP contribution in [-0.2, 0) is 22.6 Å². The zero-order valence-corrected chi connectivity index (χ0v) is 23.5. The molecule has 3 aromatic rings. The number of rotatable bonds is 10. The largest absolute Gasteiger partial charge is 0.383 e. The molecule has 1 amide bonds. The molecule has 0 aliphatic heterocycles. The maximum Gasteiger partial charge on any atom is 0.332 e. The summed E-state index contributed by atoms with van der Waals surface area (Å²) in [6.45, 7) is 2.00. The number of methoxy groups -OCH3 is 1. The van der Waals surface area contributed by atoms with Crippen LogP contribution in [0, 0.1) is 11.8 Å². The summed E-state index contributed by atoms with van der Waals surface area (Å²) in [7, 11) is 1.59. The monoisotopic (exact) mass is 547 g/mol. The van der Waals surface area contributed by atoms with Crippen molar-refractivity contribution in [2.24, 2.45) is 11.8 Å². The Morgan fingerprint density at radius 1 is 0.975 bits per heavy atom. The van der Waals surface area contributed by atoms with Gasteiger partial charge in [0.2, 0.25) is 5.91 Å². The van der Waals surface area contributed by atoms with Crippen molar-refractivity contribution in [1.82, 2.24) is 24.4 Å². The second-order valence-electron chi connectivity index (χ2n) is 11.3.